The fraction of sp³-hybridized carbons (Fsp3) is 0.143. The van der Waals surface area contributed by atoms with Gasteiger partial charge in [0.2, 0.25) is 0 Å². The fourth-order valence-electron chi connectivity index (χ4n) is 1.91. The van der Waals surface area contributed by atoms with Crippen molar-refractivity contribution in [3.05, 3.63) is 45.9 Å². The van der Waals surface area contributed by atoms with Gasteiger partial charge in [-0.15, -0.1) is 0 Å². The third-order valence-electron chi connectivity index (χ3n) is 2.61. The van der Waals surface area contributed by atoms with E-state index in [2.05, 4.69) is 20.7 Å². The standard InChI is InChI=1S/C12H5BrO3.C2H6/c13-9-5-4-8-10-6(9)2-1-3-7(10)11(14)16-12(8)15;1-2/h1-5H;1-2H3. The highest BCUT2D eigenvalue weighted by Gasteiger charge is 2.27. The molecule has 4 heteroatoms. The molecule has 0 saturated carbocycles. The quantitative estimate of drug-likeness (QED) is 0.547. The average Bonchev–Trinajstić information content (AvgIpc) is 2.40. The monoisotopic (exact) mass is 306 g/mol. The number of benzene rings is 2. The molecule has 0 aromatic heterocycles. The molecule has 0 saturated heterocycles. The molecule has 1 aliphatic heterocycles. The fourth-order valence-corrected chi connectivity index (χ4v) is 2.37. The van der Waals surface area contributed by atoms with Crippen LogP contribution in [0.2, 0.25) is 0 Å². The molecule has 2 aromatic rings. The maximum Gasteiger partial charge on any atom is 0.346 e. The Morgan fingerprint density at radius 2 is 1.56 bits per heavy atom. The van der Waals surface area contributed by atoms with Crippen molar-refractivity contribution in [2.45, 2.75) is 13.8 Å². The summed E-state index contributed by atoms with van der Waals surface area (Å²) in [6.45, 7) is 4.00. The van der Waals surface area contributed by atoms with Gasteiger partial charge in [-0.05, 0) is 23.6 Å². The molecule has 0 fully saturated rings. The number of cyclic esters (lactones) is 2. The Balaban J connectivity index is 0.000000574. The Bertz CT molecular complexity index is 627. The SMILES string of the molecule is CC.O=C1OC(=O)c2ccc(Br)c3cccc1c23. The van der Waals surface area contributed by atoms with Crippen LogP contribution in [0.4, 0.5) is 0 Å². The van der Waals surface area contributed by atoms with E-state index in [0.717, 1.165) is 9.86 Å². The smallest absolute Gasteiger partial charge is 0.346 e. The van der Waals surface area contributed by atoms with Crippen LogP contribution in [0.15, 0.2) is 34.8 Å². The van der Waals surface area contributed by atoms with Crippen LogP contribution in [0.25, 0.3) is 10.8 Å². The minimum atomic E-state index is -0.582. The molecule has 0 bridgehead atoms. The van der Waals surface area contributed by atoms with Crippen LogP contribution in [0, 0.1) is 0 Å². The highest BCUT2D eigenvalue weighted by Crippen LogP contribution is 2.32. The van der Waals surface area contributed by atoms with Crippen LogP contribution in [-0.4, -0.2) is 11.9 Å². The van der Waals surface area contributed by atoms with Gasteiger partial charge in [-0.3, -0.25) is 0 Å². The van der Waals surface area contributed by atoms with E-state index < -0.39 is 11.9 Å². The molecule has 3 nitrogen and oxygen atoms in total. The largest absolute Gasteiger partial charge is 0.386 e. The van der Waals surface area contributed by atoms with Gasteiger partial charge in [0, 0.05) is 9.86 Å². The highest BCUT2D eigenvalue weighted by molar-refractivity contribution is 9.10. The topological polar surface area (TPSA) is 43.4 Å². The maximum atomic E-state index is 11.5. The van der Waals surface area contributed by atoms with Crippen LogP contribution in [-0.2, 0) is 4.74 Å². The molecule has 0 spiro atoms. The van der Waals surface area contributed by atoms with Crippen molar-refractivity contribution in [1.29, 1.82) is 0 Å². The molecule has 0 unspecified atom stereocenters. The zero-order valence-corrected chi connectivity index (χ0v) is 11.6. The van der Waals surface area contributed by atoms with Crippen LogP contribution >= 0.6 is 15.9 Å². The van der Waals surface area contributed by atoms with Gasteiger partial charge < -0.3 is 4.74 Å². The first-order chi connectivity index (χ1) is 8.68. The summed E-state index contributed by atoms with van der Waals surface area (Å²) in [6, 6.07) is 8.72. The first-order valence-electron chi connectivity index (χ1n) is 5.66. The molecule has 0 atom stereocenters. The molecule has 18 heavy (non-hydrogen) atoms. The van der Waals surface area contributed by atoms with Gasteiger partial charge in [-0.25, -0.2) is 9.59 Å². The summed E-state index contributed by atoms with van der Waals surface area (Å²) in [4.78, 5) is 23.1. The summed E-state index contributed by atoms with van der Waals surface area (Å²) >= 11 is 3.39. The molecular formula is C14H11BrO3. The second-order valence-corrected chi connectivity index (χ2v) is 4.35. The normalized spacial score (nSPS) is 12.8. The van der Waals surface area contributed by atoms with Gasteiger partial charge in [-0.2, -0.15) is 0 Å². The van der Waals surface area contributed by atoms with Gasteiger partial charge in [0.05, 0.1) is 11.1 Å². The lowest BCUT2D eigenvalue weighted by atomic mass is 9.97. The summed E-state index contributed by atoms with van der Waals surface area (Å²) in [5.74, 6) is -1.16. The molecule has 2 aromatic carbocycles. The Hall–Kier alpha value is -1.68. The molecule has 0 amide bonds. The summed E-state index contributed by atoms with van der Waals surface area (Å²) < 4.78 is 5.51. The van der Waals surface area contributed by atoms with E-state index >= 15 is 0 Å². The summed E-state index contributed by atoms with van der Waals surface area (Å²) in [6.07, 6.45) is 0. The highest BCUT2D eigenvalue weighted by atomic mass is 79.9. The number of carbonyl (C=O) groups is 2. The number of hydrogen-bond donors (Lipinski definition) is 0. The van der Waals surface area contributed by atoms with E-state index in [1.165, 1.54) is 0 Å². The molecule has 0 aliphatic carbocycles. The molecule has 1 aliphatic rings. The second-order valence-electron chi connectivity index (χ2n) is 3.50. The summed E-state index contributed by atoms with van der Waals surface area (Å²) in [7, 11) is 0. The Morgan fingerprint density at radius 3 is 2.22 bits per heavy atom. The van der Waals surface area contributed by atoms with E-state index in [4.69, 9.17) is 0 Å². The van der Waals surface area contributed by atoms with Crippen molar-refractivity contribution in [2.24, 2.45) is 0 Å². The van der Waals surface area contributed by atoms with Crippen LogP contribution < -0.4 is 0 Å². The van der Waals surface area contributed by atoms with E-state index in [1.807, 2.05) is 19.9 Å². The molecule has 1 heterocycles. The van der Waals surface area contributed by atoms with E-state index in [0.29, 0.717) is 16.5 Å². The van der Waals surface area contributed by atoms with Crippen molar-refractivity contribution in [3.63, 3.8) is 0 Å². The minimum Gasteiger partial charge on any atom is -0.386 e. The van der Waals surface area contributed by atoms with Gasteiger partial charge in [0.25, 0.3) is 0 Å². The van der Waals surface area contributed by atoms with Crippen molar-refractivity contribution < 1.29 is 14.3 Å². The van der Waals surface area contributed by atoms with Gasteiger partial charge >= 0.3 is 11.9 Å². The summed E-state index contributed by atoms with van der Waals surface area (Å²) in [5, 5.41) is 1.51. The number of hydrogen-bond acceptors (Lipinski definition) is 3. The number of ether oxygens (including phenoxy) is 1. The van der Waals surface area contributed by atoms with E-state index in [-0.39, 0.29) is 0 Å². The van der Waals surface area contributed by atoms with Gasteiger partial charge in [0.1, 0.15) is 0 Å². The number of halogens is 1. The summed E-state index contributed by atoms with van der Waals surface area (Å²) in [5.41, 5.74) is 0.877. The first-order valence-corrected chi connectivity index (χ1v) is 6.45. The predicted molar refractivity (Wildman–Crippen MR) is 72.7 cm³/mol. The minimum absolute atomic E-state index is 0.438. The zero-order chi connectivity index (χ0) is 13.3. The third-order valence-corrected chi connectivity index (χ3v) is 3.30. The Morgan fingerprint density at radius 1 is 0.944 bits per heavy atom. The molecule has 0 radical (unpaired) electrons. The van der Waals surface area contributed by atoms with Crippen molar-refractivity contribution in [3.8, 4) is 0 Å². The van der Waals surface area contributed by atoms with E-state index in [1.54, 1.807) is 24.3 Å². The predicted octanol–water partition coefficient (Wildman–Crippen LogP) is 3.94. The lowest BCUT2D eigenvalue weighted by molar-refractivity contribution is 0.0391. The first kappa shape index (κ1) is 12.8. The third kappa shape index (κ3) is 1.82. The Labute approximate surface area is 113 Å². The Kier molecular flexibility index (Phi) is 3.48. The van der Waals surface area contributed by atoms with Gasteiger partial charge in [-0.1, -0.05) is 41.9 Å². The number of rotatable bonds is 0. The van der Waals surface area contributed by atoms with Crippen LogP contribution in [0.3, 0.4) is 0 Å². The lowest BCUT2D eigenvalue weighted by Gasteiger charge is -2.15. The van der Waals surface area contributed by atoms with Gasteiger partial charge in [0.15, 0.2) is 0 Å². The number of carbonyl (C=O) groups excluding carboxylic acids is 2. The van der Waals surface area contributed by atoms with Crippen molar-refractivity contribution >= 4 is 38.6 Å². The molecule has 0 N–H and O–H groups in total. The van der Waals surface area contributed by atoms with Crippen molar-refractivity contribution in [1.82, 2.24) is 0 Å². The average molecular weight is 307 g/mol. The number of esters is 2. The lowest BCUT2D eigenvalue weighted by Crippen LogP contribution is -2.19. The van der Waals surface area contributed by atoms with Crippen LogP contribution in [0.1, 0.15) is 34.6 Å². The van der Waals surface area contributed by atoms with Crippen molar-refractivity contribution in [2.75, 3.05) is 0 Å². The molecule has 92 valence electrons. The maximum absolute atomic E-state index is 11.5. The van der Waals surface area contributed by atoms with Crippen LogP contribution in [0.5, 0.6) is 0 Å². The second kappa shape index (κ2) is 4.90. The molecular weight excluding hydrogens is 296 g/mol. The zero-order valence-electron chi connectivity index (χ0n) is 9.99. The molecule has 3 rings (SSSR count). The van der Waals surface area contributed by atoms with E-state index in [9.17, 15) is 9.59 Å².